The number of aromatic nitrogens is 4. The lowest BCUT2D eigenvalue weighted by Crippen LogP contribution is -2.21. The molecule has 10 nitrogen and oxygen atoms in total. The monoisotopic (exact) mass is 1240 g/mol. The molecule has 14 heteroatoms. The van der Waals surface area contributed by atoms with Crippen LogP contribution in [0.1, 0.15) is 132 Å². The summed E-state index contributed by atoms with van der Waals surface area (Å²) in [6.45, 7) is 2.11. The highest BCUT2D eigenvalue weighted by Gasteiger charge is 2.31. The molecule has 0 amide bonds. The summed E-state index contributed by atoms with van der Waals surface area (Å²) < 4.78 is 25.2. The van der Waals surface area contributed by atoms with Gasteiger partial charge < -0.3 is 28.9 Å². The summed E-state index contributed by atoms with van der Waals surface area (Å²) in [5.41, 5.74) is 13.5. The minimum atomic E-state index is -0.184. The summed E-state index contributed by atoms with van der Waals surface area (Å²) >= 11 is 28.6. The van der Waals surface area contributed by atoms with Crippen LogP contribution in [0.5, 0.6) is 23.0 Å². The molecule has 0 radical (unpaired) electrons. The Hall–Kier alpha value is -8.38. The van der Waals surface area contributed by atoms with Crippen LogP contribution in [0.3, 0.4) is 0 Å². The molecule has 20 bridgehead atoms. The van der Waals surface area contributed by atoms with E-state index in [9.17, 15) is 9.59 Å². The number of H-pyrrole nitrogens is 2. The van der Waals surface area contributed by atoms with Gasteiger partial charge in [0.25, 0.3) is 0 Å². The van der Waals surface area contributed by atoms with Crippen LogP contribution in [0.15, 0.2) is 146 Å². The van der Waals surface area contributed by atoms with Gasteiger partial charge in [-0.05, 0) is 170 Å². The van der Waals surface area contributed by atoms with Crippen molar-refractivity contribution in [2.75, 3.05) is 26.4 Å². The van der Waals surface area contributed by atoms with Crippen LogP contribution in [0.2, 0.25) is 20.1 Å². The second-order valence-electron chi connectivity index (χ2n) is 22.5. The second kappa shape index (κ2) is 26.5. The number of ether oxygens (including phenoxy) is 4. The lowest BCUT2D eigenvalue weighted by Gasteiger charge is -2.19. The predicted octanol–water partition coefficient (Wildman–Crippen LogP) is 20.6. The van der Waals surface area contributed by atoms with Gasteiger partial charge in [-0.1, -0.05) is 134 Å². The normalized spacial score (nSPS) is 15.1. The Morgan fingerprint density at radius 1 is 0.307 bits per heavy atom. The molecule has 6 aliphatic heterocycles. The average molecular weight is 1250 g/mol. The molecule has 6 aromatic carbocycles. The number of nitrogens with zero attached hydrogens (tertiary/aromatic N) is 2. The highest BCUT2D eigenvalue weighted by atomic mass is 35.5. The smallest absolute Gasteiger partial charge is 0.194 e. The Morgan fingerprint density at radius 3 is 0.977 bits per heavy atom. The van der Waals surface area contributed by atoms with Gasteiger partial charge in [-0.2, -0.15) is 0 Å². The van der Waals surface area contributed by atoms with E-state index < -0.39 is 0 Å². The quantitative estimate of drug-likeness (QED) is 0.175. The Labute approximate surface area is 531 Å². The third kappa shape index (κ3) is 12.4. The summed E-state index contributed by atoms with van der Waals surface area (Å²) in [6.07, 6.45) is 19.8. The van der Waals surface area contributed by atoms with Crippen LogP contribution < -0.4 is 18.9 Å². The molecule has 2 N–H and O–H groups in total. The molecule has 0 fully saturated rings. The number of hydrogen-bond donors (Lipinski definition) is 2. The number of carbonyl (C=O) groups excluding carboxylic acids is 2. The minimum Gasteiger partial charge on any atom is -0.494 e. The van der Waals surface area contributed by atoms with Crippen molar-refractivity contribution in [1.82, 2.24) is 19.9 Å². The number of nitrogens with one attached hydrogen (secondary N) is 2. The van der Waals surface area contributed by atoms with Crippen molar-refractivity contribution < 1.29 is 28.5 Å². The van der Waals surface area contributed by atoms with Gasteiger partial charge in [-0.15, -0.1) is 0 Å². The van der Waals surface area contributed by atoms with E-state index >= 15 is 0 Å². The first-order chi connectivity index (χ1) is 43.1. The second-order valence-corrected chi connectivity index (χ2v) is 24.1. The lowest BCUT2D eigenvalue weighted by atomic mass is 9.84. The molecule has 16 rings (SSSR count). The molecule has 0 saturated carbocycles. The van der Waals surface area contributed by atoms with Crippen LogP contribution in [-0.4, -0.2) is 57.9 Å². The van der Waals surface area contributed by atoms with Gasteiger partial charge in [0.1, 0.15) is 23.0 Å². The van der Waals surface area contributed by atoms with E-state index in [4.69, 9.17) is 75.3 Å². The molecule has 9 aromatic rings. The van der Waals surface area contributed by atoms with E-state index in [0.717, 1.165) is 144 Å². The molecule has 0 unspecified atom stereocenters. The molecular weight excluding hydrogens is 1180 g/mol. The van der Waals surface area contributed by atoms with Gasteiger partial charge in [0, 0.05) is 77.7 Å². The van der Waals surface area contributed by atoms with E-state index in [1.807, 2.05) is 97.1 Å². The van der Waals surface area contributed by atoms with Gasteiger partial charge in [-0.25, -0.2) is 9.97 Å². The van der Waals surface area contributed by atoms with Gasteiger partial charge in [0.2, 0.25) is 0 Å². The predicted molar refractivity (Wildman–Crippen MR) is 358 cm³/mol. The number of rotatable bonds is 2. The first-order valence-corrected chi connectivity index (χ1v) is 31.8. The van der Waals surface area contributed by atoms with Crippen LogP contribution in [0.25, 0.3) is 90.9 Å². The van der Waals surface area contributed by atoms with Crippen molar-refractivity contribution in [1.29, 1.82) is 0 Å². The number of carbonyl (C=O) groups is 2. The fourth-order valence-corrected chi connectivity index (χ4v) is 13.3. The van der Waals surface area contributed by atoms with Crippen molar-refractivity contribution in [2.24, 2.45) is 0 Å². The zero-order chi connectivity index (χ0) is 60.1. The fraction of sp³-hybridized carbons (Fsp3) is 0.216. The average Bonchev–Trinajstić information content (AvgIpc) is 3.56. The van der Waals surface area contributed by atoms with Crippen LogP contribution in [-0.2, 0) is 0 Å². The maximum Gasteiger partial charge on any atom is 0.194 e. The molecule has 0 spiro atoms. The Kier molecular flexibility index (Phi) is 17.7. The highest BCUT2D eigenvalue weighted by molar-refractivity contribution is 6.40. The Bertz CT molecular complexity index is 4110. The van der Waals surface area contributed by atoms with Crippen molar-refractivity contribution in [3.05, 3.63) is 211 Å². The third-order valence-electron chi connectivity index (χ3n) is 16.5. The largest absolute Gasteiger partial charge is 0.494 e. The van der Waals surface area contributed by atoms with Gasteiger partial charge in [0.15, 0.2) is 11.6 Å². The highest BCUT2D eigenvalue weighted by Crippen LogP contribution is 2.45. The molecule has 442 valence electrons. The summed E-state index contributed by atoms with van der Waals surface area (Å²) in [7, 11) is 0. The van der Waals surface area contributed by atoms with Crippen molar-refractivity contribution in [3.63, 3.8) is 0 Å². The number of halogens is 4. The molecule has 7 aliphatic rings. The number of benzene rings is 6. The van der Waals surface area contributed by atoms with E-state index in [0.29, 0.717) is 114 Å². The molecular formula is C74H62Cl4N4O6. The van der Waals surface area contributed by atoms with E-state index in [2.05, 4.69) is 46.4 Å². The first kappa shape index (κ1) is 58.6. The topological polar surface area (TPSA) is 128 Å². The molecule has 1 aliphatic carbocycles. The SMILES string of the molecule is O=C1c2ccc3cc2C(=O)c2ccc(cc21)OCCCCCCCCOc1cccc(c1)-c1c2nc(c(-c4c(Cl)cccc4Cl)c4ccc([nH]4)c(c4nc(c(-c5c(Cl)cccc5Cl)c5ccc1[nH]5)C=C4)-c1cccc(c1)OCCCCCCCCO3)C=C2. The zero-order valence-corrected chi connectivity index (χ0v) is 51.4. The summed E-state index contributed by atoms with van der Waals surface area (Å²) in [4.78, 5) is 46.0. The van der Waals surface area contributed by atoms with Gasteiger partial charge in [0.05, 0.1) is 69.3 Å². The molecule has 3 aromatic heterocycles. The molecule has 88 heavy (non-hydrogen) atoms. The van der Waals surface area contributed by atoms with Crippen LogP contribution in [0.4, 0.5) is 0 Å². The lowest BCUT2D eigenvalue weighted by molar-refractivity contribution is 0.0978. The maximum atomic E-state index is 13.7. The van der Waals surface area contributed by atoms with Crippen molar-refractivity contribution >= 4 is 104 Å². The van der Waals surface area contributed by atoms with E-state index in [1.165, 1.54) is 0 Å². The number of hydrogen-bond acceptors (Lipinski definition) is 8. The van der Waals surface area contributed by atoms with Gasteiger partial charge in [-0.3, -0.25) is 9.59 Å². The van der Waals surface area contributed by atoms with E-state index in [1.54, 1.807) is 36.4 Å². The van der Waals surface area contributed by atoms with Crippen molar-refractivity contribution in [2.45, 2.75) is 77.0 Å². The Morgan fingerprint density at radius 2 is 0.614 bits per heavy atom. The Balaban J connectivity index is 0.875. The maximum absolute atomic E-state index is 13.7. The van der Waals surface area contributed by atoms with E-state index in [-0.39, 0.29) is 11.6 Å². The third-order valence-corrected chi connectivity index (χ3v) is 17.8. The molecule has 9 heterocycles. The summed E-state index contributed by atoms with van der Waals surface area (Å²) in [6, 6.07) is 45.9. The first-order valence-electron chi connectivity index (χ1n) is 30.3. The molecule has 0 saturated heterocycles. The number of aromatic amines is 2. The van der Waals surface area contributed by atoms with Crippen LogP contribution >= 0.6 is 46.4 Å². The number of ketones is 2. The zero-order valence-electron chi connectivity index (χ0n) is 48.3. The molecule has 0 atom stereocenters. The standard InChI is InChI=1S/C74H62Cl4N4O6/c75-55-21-15-22-56(76)69(55)71-63-33-29-59(79-63)67-45-17-13-19-47(41-45)85-37-9-5-1-3-7-11-39-87-49-25-27-51-53(43-49)73(83)52-28-26-50(44-54(52)74(51)84)88-40-12-8-4-2-6-10-38-86-48-20-14-18-46(42-48)68(61-31-35-65(71)81-61)62-32-36-66(82-62)72(64-34-30-60(67)80-64)70-57(77)23-16-24-58(70)78/h13-36,41-44,79,82H,1-12,37-40H2. The summed E-state index contributed by atoms with van der Waals surface area (Å²) in [5, 5.41) is 1.92. The van der Waals surface area contributed by atoms with Crippen LogP contribution in [0, 0.1) is 0 Å². The minimum absolute atomic E-state index is 0.184. The fourth-order valence-electron chi connectivity index (χ4n) is 12.2. The van der Waals surface area contributed by atoms with Crippen molar-refractivity contribution in [3.8, 4) is 67.5 Å². The summed E-state index contributed by atoms with van der Waals surface area (Å²) in [5.74, 6) is 2.26. The van der Waals surface area contributed by atoms with Gasteiger partial charge >= 0.3 is 0 Å².